The lowest BCUT2D eigenvalue weighted by Gasteiger charge is -2.05. The van der Waals surface area contributed by atoms with Gasteiger partial charge in [0.1, 0.15) is 5.75 Å². The van der Waals surface area contributed by atoms with Crippen LogP contribution in [0.15, 0.2) is 18.2 Å². The lowest BCUT2D eigenvalue weighted by atomic mass is 9.79. The molecule has 78 valence electrons. The highest BCUT2D eigenvalue weighted by atomic mass is 16.5. The number of fused-ring (bicyclic) bond motifs is 1. The van der Waals surface area contributed by atoms with Gasteiger partial charge in [0.25, 0.3) is 0 Å². The van der Waals surface area contributed by atoms with Crippen molar-refractivity contribution >= 4 is 18.6 Å². The van der Waals surface area contributed by atoms with Crippen LogP contribution in [-0.2, 0) is 16.1 Å². The molecule has 2 N–H and O–H groups in total. The quantitative estimate of drug-likeness (QED) is 0.646. The number of carbonyl (C=O) groups is 1. The van der Waals surface area contributed by atoms with Gasteiger partial charge in [-0.05, 0) is 23.2 Å². The Hall–Kier alpha value is -1.53. The molecule has 0 radical (unpaired) electrons. The summed E-state index contributed by atoms with van der Waals surface area (Å²) in [7, 11) is -0.937. The van der Waals surface area contributed by atoms with E-state index in [0.29, 0.717) is 17.8 Å². The molecule has 5 nitrogen and oxygen atoms in total. The summed E-state index contributed by atoms with van der Waals surface area (Å²) < 4.78 is 9.96. The number of hydrogen-bond donors (Lipinski definition) is 2. The molecule has 1 aliphatic rings. The van der Waals surface area contributed by atoms with Crippen molar-refractivity contribution in [3.05, 3.63) is 23.8 Å². The number of hydrogen-bond acceptors (Lipinski definition) is 4. The zero-order valence-electron chi connectivity index (χ0n) is 7.84. The molecule has 1 heterocycles. The largest absolute Gasteiger partial charge is 0.491 e. The fourth-order valence-corrected chi connectivity index (χ4v) is 1.43. The lowest BCUT2D eigenvalue weighted by Crippen LogP contribution is -2.28. The number of rotatable bonds is 3. The summed E-state index contributed by atoms with van der Waals surface area (Å²) in [6, 6.07) is 5.00. The maximum atomic E-state index is 10.3. The Morgan fingerprint density at radius 1 is 1.60 bits per heavy atom. The number of carboxylic acid groups (broad SMARTS) is 1. The van der Waals surface area contributed by atoms with E-state index in [0.717, 1.165) is 5.56 Å². The first kappa shape index (κ1) is 10.0. The molecule has 2 rings (SSSR count). The van der Waals surface area contributed by atoms with Gasteiger partial charge in [-0.3, -0.25) is 0 Å². The second-order valence-electron chi connectivity index (χ2n) is 3.21. The Morgan fingerprint density at radius 3 is 3.13 bits per heavy atom. The van der Waals surface area contributed by atoms with Gasteiger partial charge >= 0.3 is 13.1 Å². The van der Waals surface area contributed by atoms with Crippen molar-refractivity contribution in [1.82, 2.24) is 0 Å². The van der Waals surface area contributed by atoms with Gasteiger partial charge in [0, 0.05) is 0 Å². The topological polar surface area (TPSA) is 76.0 Å². The van der Waals surface area contributed by atoms with Crippen LogP contribution in [0.1, 0.15) is 5.56 Å². The van der Waals surface area contributed by atoms with Gasteiger partial charge in [0.05, 0.1) is 6.61 Å². The van der Waals surface area contributed by atoms with Crippen LogP contribution >= 0.6 is 0 Å². The minimum absolute atomic E-state index is 0.371. The van der Waals surface area contributed by atoms with Crippen LogP contribution < -0.4 is 10.2 Å². The zero-order chi connectivity index (χ0) is 10.8. The molecule has 0 spiro atoms. The third-order valence-electron chi connectivity index (χ3n) is 2.14. The van der Waals surface area contributed by atoms with E-state index in [1.165, 1.54) is 0 Å². The minimum atomic E-state index is -1.03. The molecule has 15 heavy (non-hydrogen) atoms. The molecule has 0 amide bonds. The fourth-order valence-electron chi connectivity index (χ4n) is 1.43. The zero-order valence-corrected chi connectivity index (χ0v) is 7.84. The van der Waals surface area contributed by atoms with E-state index < -0.39 is 19.7 Å². The second kappa shape index (κ2) is 3.92. The van der Waals surface area contributed by atoms with E-state index in [2.05, 4.69) is 0 Å². The molecule has 6 heteroatoms. The van der Waals surface area contributed by atoms with Gasteiger partial charge in [0.15, 0.2) is 6.61 Å². The SMILES string of the molecule is O=C(O)COc1ccc2c(c1)B(O)OC2. The predicted molar refractivity (Wildman–Crippen MR) is 52.0 cm³/mol. The highest BCUT2D eigenvalue weighted by molar-refractivity contribution is 6.61. The monoisotopic (exact) mass is 208 g/mol. The molecular formula is C9H9BO5. The van der Waals surface area contributed by atoms with Crippen molar-refractivity contribution in [1.29, 1.82) is 0 Å². The van der Waals surface area contributed by atoms with Crippen molar-refractivity contribution < 1.29 is 24.3 Å². The molecule has 0 atom stereocenters. The van der Waals surface area contributed by atoms with Crippen LogP contribution in [0, 0.1) is 0 Å². The average molecular weight is 208 g/mol. The van der Waals surface area contributed by atoms with Crippen molar-refractivity contribution in [3.8, 4) is 5.75 Å². The molecule has 0 aromatic heterocycles. The maximum absolute atomic E-state index is 10.3. The minimum Gasteiger partial charge on any atom is -0.482 e. The van der Waals surface area contributed by atoms with E-state index in [9.17, 15) is 9.82 Å². The Kier molecular flexibility index (Phi) is 2.61. The van der Waals surface area contributed by atoms with Crippen LogP contribution in [-0.4, -0.2) is 29.8 Å². The number of ether oxygens (including phenoxy) is 1. The summed E-state index contributed by atoms with van der Waals surface area (Å²) in [5, 5.41) is 17.8. The highest BCUT2D eigenvalue weighted by Crippen LogP contribution is 2.15. The summed E-state index contributed by atoms with van der Waals surface area (Å²) in [6.45, 7) is -0.0224. The maximum Gasteiger partial charge on any atom is 0.491 e. The van der Waals surface area contributed by atoms with Crippen LogP contribution in [0.5, 0.6) is 5.75 Å². The summed E-state index contributed by atoms with van der Waals surface area (Å²) in [6.07, 6.45) is 0. The van der Waals surface area contributed by atoms with Crippen LogP contribution in [0.25, 0.3) is 0 Å². The van der Waals surface area contributed by atoms with Crippen molar-refractivity contribution in [3.63, 3.8) is 0 Å². The van der Waals surface area contributed by atoms with Gasteiger partial charge < -0.3 is 19.5 Å². The van der Waals surface area contributed by atoms with Gasteiger partial charge in [-0.15, -0.1) is 0 Å². The predicted octanol–water partition coefficient (Wildman–Crippen LogP) is -0.632. The normalized spacial score (nSPS) is 13.8. The molecule has 1 aromatic carbocycles. The summed E-state index contributed by atoms with van der Waals surface area (Å²) in [5.41, 5.74) is 1.53. The standard InChI is InChI=1S/C9H9BO5/c11-9(12)5-14-7-2-1-6-4-15-10(13)8(6)3-7/h1-3,13H,4-5H2,(H,11,12). The third-order valence-corrected chi connectivity index (χ3v) is 2.14. The van der Waals surface area contributed by atoms with E-state index in [4.69, 9.17) is 14.5 Å². The van der Waals surface area contributed by atoms with E-state index in [1.54, 1.807) is 18.2 Å². The molecule has 0 saturated heterocycles. The van der Waals surface area contributed by atoms with E-state index in [1.807, 2.05) is 0 Å². The number of carboxylic acids is 1. The Labute approximate surface area is 86.4 Å². The molecule has 0 bridgehead atoms. The molecule has 1 aliphatic heterocycles. The van der Waals surface area contributed by atoms with Crippen molar-refractivity contribution in [2.75, 3.05) is 6.61 Å². The van der Waals surface area contributed by atoms with Crippen LogP contribution in [0.3, 0.4) is 0 Å². The molecule has 0 aliphatic carbocycles. The Bertz CT molecular complexity index is 392. The lowest BCUT2D eigenvalue weighted by molar-refractivity contribution is -0.139. The molecule has 0 saturated carbocycles. The first-order valence-corrected chi connectivity index (χ1v) is 4.44. The molecular weight excluding hydrogens is 199 g/mol. The molecule has 0 fully saturated rings. The van der Waals surface area contributed by atoms with Crippen molar-refractivity contribution in [2.45, 2.75) is 6.61 Å². The van der Waals surface area contributed by atoms with Gasteiger partial charge in [-0.1, -0.05) is 6.07 Å². The van der Waals surface area contributed by atoms with Crippen LogP contribution in [0.2, 0.25) is 0 Å². The third kappa shape index (κ3) is 2.11. The Morgan fingerprint density at radius 2 is 2.40 bits per heavy atom. The fraction of sp³-hybridized carbons (Fsp3) is 0.222. The van der Waals surface area contributed by atoms with Gasteiger partial charge in [0.2, 0.25) is 0 Å². The molecule has 1 aromatic rings. The first-order valence-electron chi connectivity index (χ1n) is 4.44. The summed E-state index contributed by atoms with van der Waals surface area (Å²) in [4.78, 5) is 10.3. The second-order valence-corrected chi connectivity index (χ2v) is 3.21. The highest BCUT2D eigenvalue weighted by Gasteiger charge is 2.27. The summed E-state index contributed by atoms with van der Waals surface area (Å²) in [5.74, 6) is -0.618. The summed E-state index contributed by atoms with van der Waals surface area (Å²) >= 11 is 0. The molecule has 0 unspecified atom stereocenters. The van der Waals surface area contributed by atoms with E-state index >= 15 is 0 Å². The average Bonchev–Trinajstić information content (AvgIpc) is 2.57. The van der Waals surface area contributed by atoms with Crippen LogP contribution in [0.4, 0.5) is 0 Å². The van der Waals surface area contributed by atoms with Crippen molar-refractivity contribution in [2.24, 2.45) is 0 Å². The first-order chi connectivity index (χ1) is 7.16. The van der Waals surface area contributed by atoms with Gasteiger partial charge in [-0.2, -0.15) is 0 Å². The van der Waals surface area contributed by atoms with Gasteiger partial charge in [-0.25, -0.2) is 4.79 Å². The van der Waals surface area contributed by atoms with E-state index in [-0.39, 0.29) is 0 Å². The smallest absolute Gasteiger partial charge is 0.482 e. The number of aliphatic carboxylic acids is 1. The number of benzene rings is 1. The Balaban J connectivity index is 2.14.